The number of carbonyl (C=O) groups excluding carboxylic acids is 1. The van der Waals surface area contributed by atoms with Crippen molar-refractivity contribution >= 4 is 55.3 Å². The largest absolute Gasteiger partial charge is 0.344 e. The van der Waals surface area contributed by atoms with Gasteiger partial charge in [-0.25, -0.2) is 54.7 Å². The van der Waals surface area contributed by atoms with Crippen LogP contribution in [0.4, 0.5) is 32.2 Å². The van der Waals surface area contributed by atoms with Gasteiger partial charge in [-0.05, 0) is 79.8 Å². The predicted molar refractivity (Wildman–Crippen MR) is 216 cm³/mol. The van der Waals surface area contributed by atoms with Gasteiger partial charge in [-0.3, -0.25) is 28.2 Å². The molecule has 5 aromatic heterocycles. The molecule has 1 amide bonds. The molecule has 0 bridgehead atoms. The van der Waals surface area contributed by atoms with Crippen molar-refractivity contribution in [2.75, 3.05) is 4.72 Å². The highest BCUT2D eigenvalue weighted by molar-refractivity contribution is 7.93. The Hall–Kier alpha value is -6.42. The van der Waals surface area contributed by atoms with Gasteiger partial charge in [0, 0.05) is 36.5 Å². The van der Waals surface area contributed by atoms with Crippen molar-refractivity contribution in [3.05, 3.63) is 117 Å². The first-order valence-electron chi connectivity index (χ1n) is 19.4. The number of nitrogens with one attached hydrogen (secondary N) is 2. The van der Waals surface area contributed by atoms with Crippen molar-refractivity contribution in [2.45, 2.75) is 75.3 Å². The summed E-state index contributed by atoms with van der Waals surface area (Å²) in [7, 11) is -4.04. The Labute approximate surface area is 357 Å². The minimum absolute atomic E-state index is 0.0309. The van der Waals surface area contributed by atoms with E-state index in [1.54, 1.807) is 6.07 Å². The van der Waals surface area contributed by atoms with Crippen LogP contribution in [0.1, 0.15) is 66.8 Å². The lowest BCUT2D eigenvalue weighted by atomic mass is 10.0. The first-order valence-corrected chi connectivity index (χ1v) is 21.4. The van der Waals surface area contributed by atoms with Crippen LogP contribution < -0.4 is 15.6 Å². The van der Waals surface area contributed by atoms with Gasteiger partial charge < -0.3 is 5.32 Å². The van der Waals surface area contributed by atoms with Crippen molar-refractivity contribution in [3.8, 4) is 17.2 Å². The van der Waals surface area contributed by atoms with Crippen molar-refractivity contribution < 1.29 is 39.6 Å². The van der Waals surface area contributed by atoms with Crippen LogP contribution in [0.25, 0.3) is 39.1 Å². The molecule has 15 nitrogen and oxygen atoms in total. The number of alkyl halides is 4. The normalized spacial score (nSPS) is 14.9. The van der Waals surface area contributed by atoms with Crippen molar-refractivity contribution in [1.29, 1.82) is 0 Å². The molecule has 0 saturated heterocycles. The first kappa shape index (κ1) is 41.9. The standard InChI is InChI=1S/C40H32ClF6N11O4S/c41-25-7-9-29(34-33(25)38(54-57(34)17-31(44)45)55-63(61,62)23-4-5-23)58-39(52-36-24(40(58)60)6-8-26(51-36)37-48-10-1-11-49-37)28(14-19-12-21(42)15-22(43)13-19)50-32(59)18-56-30(20-2-3-20)16-27(53-56)35(46)47/h1,6-13,15-16,20,23,28,31,35H,2-5,14,17-18H2,(H,50,59)(H,54,55)/t28-/m0/s1. The molecular weight excluding hydrogens is 880 g/mol. The van der Waals surface area contributed by atoms with Crippen LogP contribution in [0, 0.1) is 11.6 Å². The molecule has 0 radical (unpaired) electrons. The van der Waals surface area contributed by atoms with Gasteiger partial charge in [0.2, 0.25) is 15.9 Å². The lowest BCUT2D eigenvalue weighted by Gasteiger charge is -2.24. The predicted octanol–water partition coefficient (Wildman–Crippen LogP) is 6.80. The summed E-state index contributed by atoms with van der Waals surface area (Å²) in [6.45, 7) is -1.70. The summed E-state index contributed by atoms with van der Waals surface area (Å²) >= 11 is 6.67. The third kappa shape index (κ3) is 8.55. The summed E-state index contributed by atoms with van der Waals surface area (Å²) in [4.78, 5) is 46.9. The fourth-order valence-corrected chi connectivity index (χ4v) is 9.00. The molecule has 2 N–H and O–H groups in total. The zero-order chi connectivity index (χ0) is 44.3. The number of rotatable bonds is 15. The van der Waals surface area contributed by atoms with Crippen molar-refractivity contribution in [2.24, 2.45) is 0 Å². The quantitative estimate of drug-likeness (QED) is 0.104. The number of hydrogen-bond acceptors (Lipinski definition) is 10. The maximum Gasteiger partial charge on any atom is 0.282 e. The molecule has 2 aromatic carbocycles. The monoisotopic (exact) mass is 911 g/mol. The number of aromatic nitrogens is 9. The zero-order valence-corrected chi connectivity index (χ0v) is 34.0. The molecule has 23 heteroatoms. The highest BCUT2D eigenvalue weighted by atomic mass is 35.5. The van der Waals surface area contributed by atoms with E-state index in [-0.39, 0.29) is 61.5 Å². The Morgan fingerprint density at radius 3 is 2.30 bits per heavy atom. The smallest absolute Gasteiger partial charge is 0.282 e. The second kappa shape index (κ2) is 16.4. The summed E-state index contributed by atoms with van der Waals surface area (Å²) < 4.78 is 117. The first-order chi connectivity index (χ1) is 30.1. The van der Waals surface area contributed by atoms with Crippen LogP contribution in [-0.4, -0.2) is 70.1 Å². The maximum absolute atomic E-state index is 15.0. The second-order valence-corrected chi connectivity index (χ2v) is 17.5. The molecule has 2 saturated carbocycles. The summed E-state index contributed by atoms with van der Waals surface area (Å²) in [6.07, 6.45) is -1.45. The van der Waals surface area contributed by atoms with Gasteiger partial charge in [0.25, 0.3) is 18.4 Å². The number of amides is 1. The van der Waals surface area contributed by atoms with Gasteiger partial charge in [-0.1, -0.05) is 11.6 Å². The molecule has 5 heterocycles. The molecular formula is C40H32ClF6N11O4S. The summed E-state index contributed by atoms with van der Waals surface area (Å²) in [5.41, 5.74) is -1.56. The van der Waals surface area contributed by atoms with E-state index in [4.69, 9.17) is 16.6 Å². The van der Waals surface area contributed by atoms with E-state index in [1.165, 1.54) is 42.7 Å². The van der Waals surface area contributed by atoms with Gasteiger partial charge in [-0.15, -0.1) is 0 Å². The van der Waals surface area contributed by atoms with Crippen LogP contribution in [-0.2, 0) is 34.3 Å². The van der Waals surface area contributed by atoms with Gasteiger partial charge in [0.1, 0.15) is 41.9 Å². The molecule has 2 aliphatic rings. The topological polar surface area (TPSA) is 184 Å². The number of halogens is 7. The molecule has 0 spiro atoms. The zero-order valence-electron chi connectivity index (χ0n) is 32.4. The van der Waals surface area contributed by atoms with Gasteiger partial charge in [0.05, 0.1) is 38.3 Å². The van der Waals surface area contributed by atoms with Crippen LogP contribution in [0.15, 0.2) is 71.8 Å². The minimum Gasteiger partial charge on any atom is -0.344 e. The molecule has 7 aromatic rings. The van der Waals surface area contributed by atoms with E-state index in [1.807, 2.05) is 0 Å². The highest BCUT2D eigenvalue weighted by Gasteiger charge is 2.38. The molecule has 2 fully saturated rings. The van der Waals surface area contributed by atoms with Gasteiger partial charge >= 0.3 is 0 Å². The minimum atomic E-state index is -4.04. The summed E-state index contributed by atoms with van der Waals surface area (Å²) in [5, 5.41) is 9.71. The Morgan fingerprint density at radius 1 is 0.905 bits per heavy atom. The van der Waals surface area contributed by atoms with E-state index in [0.29, 0.717) is 37.4 Å². The second-order valence-electron chi connectivity index (χ2n) is 15.1. The Kier molecular flexibility index (Phi) is 10.9. The van der Waals surface area contributed by atoms with E-state index < -0.39 is 88.3 Å². The molecule has 2 aliphatic carbocycles. The average Bonchev–Trinajstić information content (AvgIpc) is 4.17. The molecule has 63 heavy (non-hydrogen) atoms. The Balaban J connectivity index is 1.27. The fourth-order valence-electron chi connectivity index (χ4n) is 7.42. The number of sulfonamides is 1. The molecule has 326 valence electrons. The Morgan fingerprint density at radius 2 is 1.63 bits per heavy atom. The average molecular weight is 912 g/mol. The number of anilines is 1. The SMILES string of the molecule is O=C(Cn1nc(C(F)F)cc1C1CC1)N[C@@H](Cc1cc(F)cc(F)c1)c1nc2nc(-c3ncccn3)ccc2c(=O)n1-c1ccc(Cl)c2c(NS(=O)(=O)C3CC3)nn(CC(F)F)c12. The van der Waals surface area contributed by atoms with Crippen LogP contribution in [0.3, 0.4) is 0 Å². The Bertz CT molecular complexity index is 3090. The van der Waals surface area contributed by atoms with E-state index >= 15 is 4.79 Å². The number of fused-ring (bicyclic) bond motifs is 2. The number of carbonyl (C=O) groups is 1. The van der Waals surface area contributed by atoms with E-state index in [0.717, 1.165) is 26.1 Å². The van der Waals surface area contributed by atoms with Crippen LogP contribution >= 0.6 is 11.6 Å². The fraction of sp³-hybridized carbons (Fsp3) is 0.300. The molecule has 0 unspecified atom stereocenters. The number of benzene rings is 2. The number of hydrogen-bond donors (Lipinski definition) is 2. The van der Waals surface area contributed by atoms with Gasteiger partial charge in [0.15, 0.2) is 17.3 Å². The maximum atomic E-state index is 15.0. The van der Waals surface area contributed by atoms with Crippen molar-refractivity contribution in [3.63, 3.8) is 0 Å². The van der Waals surface area contributed by atoms with Crippen molar-refractivity contribution in [1.82, 2.24) is 49.4 Å². The van der Waals surface area contributed by atoms with E-state index in [9.17, 15) is 39.6 Å². The lowest BCUT2D eigenvalue weighted by molar-refractivity contribution is -0.122. The van der Waals surface area contributed by atoms with Crippen LogP contribution in [0.5, 0.6) is 0 Å². The van der Waals surface area contributed by atoms with Crippen LogP contribution in [0.2, 0.25) is 5.02 Å². The molecule has 9 rings (SSSR count). The number of nitrogens with zero attached hydrogens (tertiary/aromatic N) is 9. The number of pyridine rings is 1. The summed E-state index contributed by atoms with van der Waals surface area (Å²) in [6, 6.07) is 9.24. The lowest BCUT2D eigenvalue weighted by Crippen LogP contribution is -2.38. The highest BCUT2D eigenvalue weighted by Crippen LogP contribution is 2.41. The van der Waals surface area contributed by atoms with E-state index in [2.05, 4.69) is 35.2 Å². The molecule has 1 atom stereocenters. The third-order valence-corrected chi connectivity index (χ3v) is 12.6. The molecule has 0 aliphatic heterocycles. The van der Waals surface area contributed by atoms with Gasteiger partial charge in [-0.2, -0.15) is 10.2 Å². The summed E-state index contributed by atoms with van der Waals surface area (Å²) in [5.74, 6) is -3.51. The third-order valence-electron chi connectivity index (χ3n) is 10.5.